The molecule has 0 spiro atoms. The number of rotatable bonds is 9. The summed E-state index contributed by atoms with van der Waals surface area (Å²) in [5.41, 5.74) is 2.36. The number of amides is 2. The fourth-order valence-corrected chi connectivity index (χ4v) is 5.43. The molecule has 5 N–H and O–H groups in total. The summed E-state index contributed by atoms with van der Waals surface area (Å²) in [6.07, 6.45) is -12.5. The normalized spacial score (nSPS) is 19.5. The second-order valence-corrected chi connectivity index (χ2v) is 12.0. The monoisotopic (exact) mass is 718 g/mol. The number of carbonyl (C=O) groups is 2. The SMILES string of the molecule is CC(N)(C(=O)NCc1ccc(Cl)c(NC2=Nc3nc(OCC(F)F)c(C(=O)NC4CCC(C(F)(F)F)CC4)cc3C2)c1Cl)C(F)(F)F. The average Bonchev–Trinajstić information content (AvgIpc) is 3.37. The second kappa shape index (κ2) is 14.0. The first-order valence-electron chi connectivity index (χ1n) is 14.1. The zero-order valence-corrected chi connectivity index (χ0v) is 25.9. The number of hydrogen-bond acceptors (Lipinski definition) is 7. The van der Waals surface area contributed by atoms with Crippen molar-refractivity contribution in [3.63, 3.8) is 0 Å². The molecular weight excluding hydrogens is 691 g/mol. The van der Waals surface area contributed by atoms with Crippen molar-refractivity contribution in [3.05, 3.63) is 44.9 Å². The summed E-state index contributed by atoms with van der Waals surface area (Å²) in [6, 6.07) is 3.47. The Balaban J connectivity index is 1.50. The summed E-state index contributed by atoms with van der Waals surface area (Å²) in [5, 5.41) is 7.60. The molecule has 2 amide bonds. The van der Waals surface area contributed by atoms with E-state index in [9.17, 15) is 44.7 Å². The van der Waals surface area contributed by atoms with Crippen LogP contribution in [-0.4, -0.2) is 59.6 Å². The zero-order valence-electron chi connectivity index (χ0n) is 24.4. The van der Waals surface area contributed by atoms with Crippen LogP contribution in [0.2, 0.25) is 10.0 Å². The van der Waals surface area contributed by atoms with E-state index in [0.29, 0.717) is 12.5 Å². The minimum atomic E-state index is -5.02. The largest absolute Gasteiger partial charge is 0.471 e. The van der Waals surface area contributed by atoms with Gasteiger partial charge < -0.3 is 26.4 Å². The Hall–Kier alpha value is -3.44. The number of alkyl halides is 8. The lowest BCUT2D eigenvalue weighted by Crippen LogP contribution is -2.61. The number of nitrogens with two attached hydrogens (primary N) is 1. The molecule has 2 heterocycles. The molecule has 1 saturated carbocycles. The molecule has 1 aliphatic heterocycles. The van der Waals surface area contributed by atoms with Crippen molar-refractivity contribution < 1.29 is 49.4 Å². The minimum Gasteiger partial charge on any atom is -0.471 e. The van der Waals surface area contributed by atoms with Gasteiger partial charge in [0.25, 0.3) is 12.3 Å². The van der Waals surface area contributed by atoms with E-state index < -0.39 is 67.1 Å². The molecule has 1 fully saturated rings. The molecule has 1 aromatic carbocycles. The van der Waals surface area contributed by atoms with Gasteiger partial charge in [-0.05, 0) is 50.3 Å². The summed E-state index contributed by atoms with van der Waals surface area (Å²) >= 11 is 12.7. The summed E-state index contributed by atoms with van der Waals surface area (Å²) < 4.78 is 109. The Morgan fingerprint density at radius 3 is 2.34 bits per heavy atom. The third-order valence-electron chi connectivity index (χ3n) is 7.70. The summed E-state index contributed by atoms with van der Waals surface area (Å²) in [4.78, 5) is 33.7. The first-order chi connectivity index (χ1) is 21.8. The van der Waals surface area contributed by atoms with E-state index in [1.165, 1.54) is 18.2 Å². The molecule has 19 heteroatoms. The number of benzene rings is 1. The lowest BCUT2D eigenvalue weighted by atomic mass is 9.85. The number of halogens is 10. The molecule has 1 aliphatic carbocycles. The lowest BCUT2D eigenvalue weighted by molar-refractivity contribution is -0.187. The third kappa shape index (κ3) is 8.54. The molecule has 2 aliphatic rings. The molecule has 1 unspecified atom stereocenters. The van der Waals surface area contributed by atoms with Crippen LogP contribution < -0.4 is 26.4 Å². The van der Waals surface area contributed by atoms with Gasteiger partial charge in [-0.15, -0.1) is 0 Å². The molecule has 1 atom stereocenters. The minimum absolute atomic E-state index is 0.000829. The first-order valence-corrected chi connectivity index (χ1v) is 14.8. The van der Waals surface area contributed by atoms with Crippen molar-refractivity contribution >= 4 is 52.4 Å². The quantitative estimate of drug-likeness (QED) is 0.220. The van der Waals surface area contributed by atoms with Gasteiger partial charge in [-0.2, -0.15) is 31.3 Å². The van der Waals surface area contributed by atoms with E-state index in [1.807, 2.05) is 0 Å². The fraction of sp³-hybridized carbons (Fsp3) is 0.500. The van der Waals surface area contributed by atoms with Crippen LogP contribution in [0.1, 0.15) is 54.1 Å². The Kier molecular flexibility index (Phi) is 10.8. The molecule has 4 rings (SSSR count). The van der Waals surface area contributed by atoms with Crippen LogP contribution in [0.25, 0.3) is 0 Å². The Morgan fingerprint density at radius 2 is 1.74 bits per heavy atom. The summed E-state index contributed by atoms with van der Waals surface area (Å²) in [5.74, 6) is -4.03. The predicted octanol–water partition coefficient (Wildman–Crippen LogP) is 6.48. The molecule has 0 radical (unpaired) electrons. The van der Waals surface area contributed by atoms with Crippen LogP contribution in [0.4, 0.5) is 46.6 Å². The number of amidine groups is 1. The van der Waals surface area contributed by atoms with Crippen LogP contribution in [0.15, 0.2) is 23.2 Å². The molecular formula is C28H28Cl2F8N6O3. The van der Waals surface area contributed by atoms with E-state index in [0.717, 1.165) is 0 Å². The number of hydrogen-bond donors (Lipinski definition) is 4. The van der Waals surface area contributed by atoms with Gasteiger partial charge in [0.15, 0.2) is 18.0 Å². The molecule has 258 valence electrons. The van der Waals surface area contributed by atoms with Gasteiger partial charge >= 0.3 is 12.4 Å². The van der Waals surface area contributed by atoms with E-state index in [-0.39, 0.29) is 70.6 Å². The smallest absolute Gasteiger partial charge is 0.415 e. The highest BCUT2D eigenvalue weighted by Gasteiger charge is 2.53. The van der Waals surface area contributed by atoms with Gasteiger partial charge in [0.05, 0.1) is 21.7 Å². The highest BCUT2D eigenvalue weighted by Crippen LogP contribution is 2.39. The molecule has 2 aromatic rings. The van der Waals surface area contributed by atoms with Crippen LogP contribution in [0.5, 0.6) is 5.88 Å². The number of pyridine rings is 1. The highest BCUT2D eigenvalue weighted by atomic mass is 35.5. The lowest BCUT2D eigenvalue weighted by Gasteiger charge is -2.30. The average molecular weight is 719 g/mol. The van der Waals surface area contributed by atoms with Crippen LogP contribution in [0.3, 0.4) is 0 Å². The van der Waals surface area contributed by atoms with Crippen molar-refractivity contribution in [2.24, 2.45) is 16.6 Å². The van der Waals surface area contributed by atoms with E-state index >= 15 is 0 Å². The molecule has 1 aromatic heterocycles. The van der Waals surface area contributed by atoms with Crippen LogP contribution in [-0.2, 0) is 17.8 Å². The van der Waals surface area contributed by atoms with Crippen LogP contribution >= 0.6 is 23.2 Å². The maximum absolute atomic E-state index is 13.2. The van der Waals surface area contributed by atoms with Crippen molar-refractivity contribution in [3.8, 4) is 5.88 Å². The van der Waals surface area contributed by atoms with Crippen molar-refractivity contribution in [2.45, 2.75) is 75.9 Å². The highest BCUT2D eigenvalue weighted by molar-refractivity contribution is 6.40. The first kappa shape index (κ1) is 36.4. The van der Waals surface area contributed by atoms with Gasteiger partial charge in [0, 0.05) is 24.6 Å². The fourth-order valence-electron chi connectivity index (χ4n) is 4.90. The Labute approximate surface area is 272 Å². The van der Waals surface area contributed by atoms with Crippen molar-refractivity contribution in [1.29, 1.82) is 0 Å². The number of anilines is 1. The maximum atomic E-state index is 13.2. The number of nitrogens with one attached hydrogen (secondary N) is 3. The molecule has 0 bridgehead atoms. The standard InChI is InChI=1S/C28H28Cl2F8N6O3/c1-26(39,28(36,37)38)25(46)40-10-12-2-7-17(29)21(20(12)30)42-19-9-13-8-16(24(44-22(13)43-19)47-11-18(31)32)23(45)41-15-5-3-14(4-6-15)27(33,34)35/h2,7-8,14-15,18H,3-6,9-11,39H2,1H3,(H,40,46)(H,41,45)(H,42,43,44). The number of ether oxygens (including phenoxy) is 1. The maximum Gasteiger partial charge on any atom is 0.415 e. The molecule has 9 nitrogen and oxygen atoms in total. The Morgan fingerprint density at radius 1 is 1.09 bits per heavy atom. The van der Waals surface area contributed by atoms with Gasteiger partial charge in [0.2, 0.25) is 11.8 Å². The van der Waals surface area contributed by atoms with Gasteiger partial charge in [0.1, 0.15) is 11.4 Å². The van der Waals surface area contributed by atoms with Crippen molar-refractivity contribution in [1.82, 2.24) is 15.6 Å². The Bertz CT molecular complexity index is 1540. The number of aliphatic imine (C=N–C) groups is 1. The number of fused-ring (bicyclic) bond motifs is 1. The summed E-state index contributed by atoms with van der Waals surface area (Å²) in [7, 11) is 0. The third-order valence-corrected chi connectivity index (χ3v) is 8.45. The van der Waals surface area contributed by atoms with Gasteiger partial charge in [-0.3, -0.25) is 9.59 Å². The zero-order chi connectivity index (χ0) is 34.9. The predicted molar refractivity (Wildman–Crippen MR) is 156 cm³/mol. The van der Waals surface area contributed by atoms with Gasteiger partial charge in [-0.1, -0.05) is 29.3 Å². The van der Waals surface area contributed by atoms with E-state index in [1.54, 1.807) is 0 Å². The van der Waals surface area contributed by atoms with E-state index in [2.05, 4.69) is 25.9 Å². The van der Waals surface area contributed by atoms with E-state index in [4.69, 9.17) is 33.7 Å². The number of carbonyl (C=O) groups excluding carboxylic acids is 2. The second-order valence-electron chi connectivity index (χ2n) is 11.2. The number of nitrogens with zero attached hydrogens (tertiary/aromatic N) is 2. The summed E-state index contributed by atoms with van der Waals surface area (Å²) in [6.45, 7) is -1.02. The topological polar surface area (TPSA) is 131 Å². The number of aromatic nitrogens is 1. The van der Waals surface area contributed by atoms with Crippen molar-refractivity contribution in [2.75, 3.05) is 11.9 Å². The molecule has 0 saturated heterocycles. The van der Waals surface area contributed by atoms with Crippen LogP contribution in [0, 0.1) is 5.92 Å². The van der Waals surface area contributed by atoms with Gasteiger partial charge in [-0.25, -0.2) is 13.8 Å². The molecule has 47 heavy (non-hydrogen) atoms.